The summed E-state index contributed by atoms with van der Waals surface area (Å²) in [6.45, 7) is 13.2. The van der Waals surface area contributed by atoms with E-state index in [2.05, 4.69) is 25.7 Å². The maximum Gasteiger partial charge on any atom is 0.272 e. The highest BCUT2D eigenvalue weighted by Gasteiger charge is 2.21. The molecule has 9 nitrogen and oxygen atoms in total. The van der Waals surface area contributed by atoms with E-state index in [1.165, 1.54) is 13.8 Å². The van der Waals surface area contributed by atoms with Crippen LogP contribution in [0.25, 0.3) is 11.0 Å². The molecule has 192 valence electrons. The van der Waals surface area contributed by atoms with Gasteiger partial charge in [0.25, 0.3) is 5.91 Å². The van der Waals surface area contributed by atoms with Crippen molar-refractivity contribution in [1.29, 1.82) is 0 Å². The number of rotatable bonds is 5. The van der Waals surface area contributed by atoms with E-state index in [1.807, 2.05) is 52.0 Å². The van der Waals surface area contributed by atoms with Gasteiger partial charge in [0.05, 0.1) is 11.1 Å². The minimum absolute atomic E-state index is 0.156. The number of amides is 1. The number of piperidine rings is 1. The molecule has 0 aromatic carbocycles. The minimum Gasteiger partial charge on any atom is -0.471 e. The van der Waals surface area contributed by atoms with Crippen LogP contribution in [0.15, 0.2) is 36.5 Å². The first-order valence-electron chi connectivity index (χ1n) is 12.3. The SMILES string of the molecule is CC.CC.CC(C)=O.Cn1nc(C(=O)NC2CCNCC2)c2ccc(OCc3ccccn3)nc21. The number of ketones is 1. The average Bonchev–Trinajstić information content (AvgIpc) is 3.22. The Kier molecular flexibility index (Phi) is 13.9. The van der Waals surface area contributed by atoms with Crippen molar-refractivity contribution in [1.82, 2.24) is 30.4 Å². The first-order chi connectivity index (χ1) is 16.9. The van der Waals surface area contributed by atoms with Gasteiger partial charge in [0.15, 0.2) is 11.3 Å². The van der Waals surface area contributed by atoms with Gasteiger partial charge in [-0.15, -0.1) is 0 Å². The second kappa shape index (κ2) is 16.3. The Morgan fingerprint density at radius 2 is 1.74 bits per heavy atom. The maximum absolute atomic E-state index is 12.7. The third-order valence-electron chi connectivity index (χ3n) is 4.64. The summed E-state index contributed by atoms with van der Waals surface area (Å²) in [7, 11) is 1.78. The first-order valence-corrected chi connectivity index (χ1v) is 12.3. The lowest BCUT2D eigenvalue weighted by atomic mass is 10.1. The third-order valence-corrected chi connectivity index (χ3v) is 4.64. The largest absolute Gasteiger partial charge is 0.471 e. The highest BCUT2D eigenvalue weighted by Crippen LogP contribution is 2.21. The molecule has 0 radical (unpaired) electrons. The molecule has 35 heavy (non-hydrogen) atoms. The number of fused-ring (bicyclic) bond motifs is 1. The molecule has 3 aromatic heterocycles. The molecule has 1 aliphatic rings. The Hall–Kier alpha value is -3.33. The van der Waals surface area contributed by atoms with Gasteiger partial charge in [-0.25, -0.2) is 4.68 Å². The van der Waals surface area contributed by atoms with Crippen LogP contribution < -0.4 is 15.4 Å². The lowest BCUT2D eigenvalue weighted by molar-refractivity contribution is -0.115. The summed E-state index contributed by atoms with van der Waals surface area (Å²) >= 11 is 0. The molecule has 4 heterocycles. The van der Waals surface area contributed by atoms with Crippen LogP contribution in [0.2, 0.25) is 0 Å². The van der Waals surface area contributed by atoms with Crippen LogP contribution in [0, 0.1) is 0 Å². The van der Waals surface area contributed by atoms with Crippen LogP contribution in [-0.4, -0.2) is 50.6 Å². The summed E-state index contributed by atoms with van der Waals surface area (Å²) in [5.41, 5.74) is 1.84. The zero-order valence-electron chi connectivity index (χ0n) is 22.1. The molecule has 0 saturated carbocycles. The topological polar surface area (TPSA) is 111 Å². The quantitative estimate of drug-likeness (QED) is 0.561. The first kappa shape index (κ1) is 29.7. The Bertz CT molecular complexity index is 1030. The molecular weight excluding hydrogens is 444 g/mol. The fourth-order valence-corrected chi connectivity index (χ4v) is 3.21. The van der Waals surface area contributed by atoms with Crippen LogP contribution in [0.3, 0.4) is 0 Å². The summed E-state index contributed by atoms with van der Waals surface area (Å²) in [5, 5.41) is 11.5. The standard InChI is InChI=1S/C19H22N6O2.C3H6O.2C2H6/c1-25-18-15(17(24-25)19(26)22-13-7-10-20-11-8-13)5-6-16(23-18)27-12-14-4-2-3-9-21-14;1-3(2)4;2*1-2/h2-6,9,13,20H,7-8,10-12H2,1H3,(H,22,26);1-2H3;2*1-2H3. The number of pyridine rings is 2. The summed E-state index contributed by atoms with van der Waals surface area (Å²) in [4.78, 5) is 30.8. The van der Waals surface area contributed by atoms with Crippen LogP contribution in [0.4, 0.5) is 0 Å². The second-order valence-corrected chi connectivity index (χ2v) is 7.51. The molecule has 4 rings (SSSR count). The van der Waals surface area contributed by atoms with Gasteiger partial charge in [-0.05, 0) is 58.0 Å². The second-order valence-electron chi connectivity index (χ2n) is 7.51. The van der Waals surface area contributed by atoms with Crippen molar-refractivity contribution in [3.63, 3.8) is 0 Å². The number of nitrogens with zero attached hydrogens (tertiary/aromatic N) is 4. The number of carbonyl (C=O) groups is 2. The van der Waals surface area contributed by atoms with Crippen LogP contribution in [0.1, 0.15) is 70.6 Å². The zero-order valence-corrected chi connectivity index (χ0v) is 22.1. The van der Waals surface area contributed by atoms with Gasteiger partial charge in [0.2, 0.25) is 5.88 Å². The number of aryl methyl sites for hydroxylation is 1. The summed E-state index contributed by atoms with van der Waals surface area (Å²) in [6.07, 6.45) is 3.59. The normalized spacial score (nSPS) is 12.7. The van der Waals surface area contributed by atoms with Crippen molar-refractivity contribution in [2.45, 2.75) is 67.0 Å². The number of ether oxygens (including phenoxy) is 1. The number of carbonyl (C=O) groups excluding carboxylic acids is 2. The predicted octanol–water partition coefficient (Wildman–Crippen LogP) is 4.07. The van der Waals surface area contributed by atoms with Gasteiger partial charge in [0.1, 0.15) is 12.4 Å². The van der Waals surface area contributed by atoms with E-state index >= 15 is 0 Å². The molecule has 2 N–H and O–H groups in total. The maximum atomic E-state index is 12.7. The molecule has 1 fully saturated rings. The van der Waals surface area contributed by atoms with E-state index in [0.29, 0.717) is 29.2 Å². The van der Waals surface area contributed by atoms with Gasteiger partial charge >= 0.3 is 0 Å². The number of hydrogen-bond donors (Lipinski definition) is 2. The van der Waals surface area contributed by atoms with E-state index in [4.69, 9.17) is 4.74 Å². The Labute approximate surface area is 208 Å². The number of aromatic nitrogens is 4. The van der Waals surface area contributed by atoms with Crippen LogP contribution in [-0.2, 0) is 18.4 Å². The molecule has 0 bridgehead atoms. The third kappa shape index (κ3) is 9.82. The van der Waals surface area contributed by atoms with Gasteiger partial charge in [-0.3, -0.25) is 9.78 Å². The fourth-order valence-electron chi connectivity index (χ4n) is 3.21. The van der Waals surface area contributed by atoms with Gasteiger partial charge in [-0.1, -0.05) is 33.8 Å². The molecule has 9 heteroatoms. The van der Waals surface area contributed by atoms with E-state index in [9.17, 15) is 9.59 Å². The van der Waals surface area contributed by atoms with E-state index in [0.717, 1.165) is 31.6 Å². The zero-order chi connectivity index (χ0) is 26.2. The average molecular weight is 485 g/mol. The highest BCUT2D eigenvalue weighted by atomic mass is 16.5. The number of nitrogens with one attached hydrogen (secondary N) is 2. The predicted molar refractivity (Wildman–Crippen MR) is 139 cm³/mol. The molecule has 0 aliphatic carbocycles. The van der Waals surface area contributed by atoms with Crippen molar-refractivity contribution in [3.8, 4) is 5.88 Å². The molecule has 1 saturated heterocycles. The lowest BCUT2D eigenvalue weighted by Gasteiger charge is -2.23. The minimum atomic E-state index is -0.156. The molecular formula is C26H40N6O3. The Morgan fingerprint density at radius 3 is 2.34 bits per heavy atom. The van der Waals surface area contributed by atoms with Crippen molar-refractivity contribution in [2.24, 2.45) is 7.05 Å². The summed E-state index contributed by atoms with van der Waals surface area (Å²) in [5.74, 6) is 0.484. The molecule has 0 atom stereocenters. The highest BCUT2D eigenvalue weighted by molar-refractivity contribution is 6.04. The van der Waals surface area contributed by atoms with Crippen molar-refractivity contribution in [2.75, 3.05) is 13.1 Å². The molecule has 3 aromatic rings. The van der Waals surface area contributed by atoms with Gasteiger partial charge in [0, 0.05) is 25.4 Å². The van der Waals surface area contributed by atoms with Gasteiger partial charge in [-0.2, -0.15) is 10.1 Å². The lowest BCUT2D eigenvalue weighted by Crippen LogP contribution is -2.42. The monoisotopic (exact) mass is 484 g/mol. The van der Waals surface area contributed by atoms with Crippen LogP contribution in [0.5, 0.6) is 5.88 Å². The molecule has 1 amide bonds. The number of Topliss-reactive ketones (excluding diaryl/α,β-unsaturated/α-hetero) is 1. The van der Waals surface area contributed by atoms with E-state index in [1.54, 1.807) is 24.0 Å². The van der Waals surface area contributed by atoms with Crippen molar-refractivity contribution >= 4 is 22.7 Å². The fraction of sp³-hybridized carbons (Fsp3) is 0.500. The van der Waals surface area contributed by atoms with Crippen LogP contribution >= 0.6 is 0 Å². The molecule has 1 aliphatic heterocycles. The van der Waals surface area contributed by atoms with E-state index in [-0.39, 0.29) is 17.7 Å². The van der Waals surface area contributed by atoms with Crippen molar-refractivity contribution < 1.29 is 14.3 Å². The van der Waals surface area contributed by atoms with E-state index < -0.39 is 0 Å². The smallest absolute Gasteiger partial charge is 0.272 e. The van der Waals surface area contributed by atoms with Crippen molar-refractivity contribution in [3.05, 3.63) is 47.9 Å². The van der Waals surface area contributed by atoms with Gasteiger partial charge < -0.3 is 20.2 Å². The number of hydrogen-bond acceptors (Lipinski definition) is 7. The Morgan fingerprint density at radius 1 is 1.09 bits per heavy atom. The molecule has 0 spiro atoms. The summed E-state index contributed by atoms with van der Waals surface area (Å²) < 4.78 is 7.34. The summed E-state index contributed by atoms with van der Waals surface area (Å²) in [6, 6.07) is 9.45. The molecule has 0 unspecified atom stereocenters. The Balaban J connectivity index is 0.000000684.